The van der Waals surface area contributed by atoms with Crippen LogP contribution in [0, 0.1) is 0 Å². The monoisotopic (exact) mass is 406 g/mol. The summed E-state index contributed by atoms with van der Waals surface area (Å²) >= 11 is 0. The van der Waals surface area contributed by atoms with Gasteiger partial charge in [-0.1, -0.05) is 0 Å². The SMILES string of the molecule is CCOc1c(OC(=O)c2cocn2)ccc([C@H](C)NC(=O)OC(C)(C)C)c1OC. The normalized spacial score (nSPS) is 12.1. The first-order valence-corrected chi connectivity index (χ1v) is 9.09. The lowest BCUT2D eigenvalue weighted by atomic mass is 10.1. The van der Waals surface area contributed by atoms with Crippen LogP contribution in [-0.4, -0.2) is 36.4 Å². The Morgan fingerprint density at radius 3 is 2.52 bits per heavy atom. The second-order valence-electron chi connectivity index (χ2n) is 7.08. The first-order chi connectivity index (χ1) is 13.7. The third-order valence-corrected chi connectivity index (χ3v) is 3.64. The van der Waals surface area contributed by atoms with E-state index in [-0.39, 0.29) is 17.2 Å². The molecule has 1 N–H and O–H groups in total. The number of benzene rings is 1. The number of ether oxygens (including phenoxy) is 4. The van der Waals surface area contributed by atoms with Crippen molar-refractivity contribution in [1.82, 2.24) is 10.3 Å². The van der Waals surface area contributed by atoms with E-state index in [0.717, 1.165) is 6.39 Å². The molecule has 2 rings (SSSR count). The lowest BCUT2D eigenvalue weighted by molar-refractivity contribution is 0.0507. The molecule has 0 spiro atoms. The maximum atomic E-state index is 12.2. The van der Waals surface area contributed by atoms with Crippen molar-refractivity contribution in [2.45, 2.75) is 46.3 Å². The van der Waals surface area contributed by atoms with E-state index in [2.05, 4.69) is 10.3 Å². The van der Waals surface area contributed by atoms with Crippen LogP contribution in [0.15, 0.2) is 29.2 Å². The second kappa shape index (κ2) is 9.31. The zero-order valence-electron chi connectivity index (χ0n) is 17.4. The summed E-state index contributed by atoms with van der Waals surface area (Å²) in [5, 5.41) is 2.75. The third kappa shape index (κ3) is 5.87. The lowest BCUT2D eigenvalue weighted by Crippen LogP contribution is -2.34. The maximum absolute atomic E-state index is 12.2. The zero-order valence-corrected chi connectivity index (χ0v) is 17.4. The summed E-state index contributed by atoms with van der Waals surface area (Å²) in [5.74, 6) is 0.0300. The van der Waals surface area contributed by atoms with Crippen LogP contribution in [0.3, 0.4) is 0 Å². The highest BCUT2D eigenvalue weighted by molar-refractivity contribution is 5.89. The number of carbonyl (C=O) groups is 2. The van der Waals surface area contributed by atoms with Gasteiger partial charge < -0.3 is 28.7 Å². The zero-order chi connectivity index (χ0) is 21.6. The smallest absolute Gasteiger partial charge is 0.408 e. The standard InChI is InChI=1S/C20H26N2O7/c1-7-27-17-15(28-18(23)14-10-26-11-21-14)9-8-13(16(17)25-6)12(2)22-19(24)29-20(3,4)5/h8-12H,7H2,1-6H3,(H,22,24)/t12-/m0/s1. The summed E-state index contributed by atoms with van der Waals surface area (Å²) in [6.07, 6.45) is 1.75. The number of methoxy groups -OCH3 is 1. The number of carbonyl (C=O) groups excluding carboxylic acids is 2. The van der Waals surface area contributed by atoms with Gasteiger partial charge in [-0.15, -0.1) is 0 Å². The van der Waals surface area contributed by atoms with E-state index in [0.29, 0.717) is 17.9 Å². The van der Waals surface area contributed by atoms with Gasteiger partial charge in [0.1, 0.15) is 11.9 Å². The number of hydrogen-bond acceptors (Lipinski definition) is 8. The molecular weight excluding hydrogens is 380 g/mol. The molecule has 2 aromatic rings. The number of nitrogens with zero attached hydrogens (tertiary/aromatic N) is 1. The Balaban J connectivity index is 2.31. The topological polar surface area (TPSA) is 109 Å². The molecule has 158 valence electrons. The van der Waals surface area contributed by atoms with Gasteiger partial charge in [-0.05, 0) is 46.8 Å². The fourth-order valence-corrected chi connectivity index (χ4v) is 2.50. The van der Waals surface area contributed by atoms with Gasteiger partial charge in [0.05, 0.1) is 19.8 Å². The predicted octanol–water partition coefficient (Wildman–Crippen LogP) is 3.89. The minimum Gasteiger partial charge on any atom is -0.492 e. The molecule has 1 aromatic heterocycles. The van der Waals surface area contributed by atoms with Crippen LogP contribution < -0.4 is 19.5 Å². The molecule has 0 bridgehead atoms. The van der Waals surface area contributed by atoms with Gasteiger partial charge in [0.25, 0.3) is 0 Å². The Morgan fingerprint density at radius 2 is 1.97 bits per heavy atom. The average molecular weight is 406 g/mol. The quantitative estimate of drug-likeness (QED) is 0.545. The minimum absolute atomic E-state index is 0.0236. The molecule has 0 aliphatic heterocycles. The summed E-state index contributed by atoms with van der Waals surface area (Å²) in [5.41, 5.74) is 0.0299. The van der Waals surface area contributed by atoms with Gasteiger partial charge in [0.15, 0.2) is 23.6 Å². The van der Waals surface area contributed by atoms with E-state index in [1.807, 2.05) is 0 Å². The number of rotatable bonds is 7. The molecule has 29 heavy (non-hydrogen) atoms. The van der Waals surface area contributed by atoms with Crippen molar-refractivity contribution in [3.63, 3.8) is 0 Å². The van der Waals surface area contributed by atoms with Gasteiger partial charge in [-0.25, -0.2) is 14.6 Å². The summed E-state index contributed by atoms with van der Waals surface area (Å²) in [6.45, 7) is 9.22. The van der Waals surface area contributed by atoms with Crippen molar-refractivity contribution in [3.05, 3.63) is 36.0 Å². The van der Waals surface area contributed by atoms with Gasteiger partial charge in [-0.3, -0.25) is 0 Å². The first kappa shape index (κ1) is 22.1. The van der Waals surface area contributed by atoms with Crippen LogP contribution in [0.2, 0.25) is 0 Å². The predicted molar refractivity (Wildman–Crippen MR) is 103 cm³/mol. The van der Waals surface area contributed by atoms with E-state index < -0.39 is 23.7 Å². The number of alkyl carbamates (subject to hydrolysis) is 1. The van der Waals surface area contributed by atoms with E-state index in [1.165, 1.54) is 13.4 Å². The molecule has 0 saturated heterocycles. The molecule has 9 nitrogen and oxygen atoms in total. The van der Waals surface area contributed by atoms with Crippen LogP contribution >= 0.6 is 0 Å². The van der Waals surface area contributed by atoms with Crippen LogP contribution in [-0.2, 0) is 4.74 Å². The fraction of sp³-hybridized carbons (Fsp3) is 0.450. The van der Waals surface area contributed by atoms with E-state index in [4.69, 9.17) is 23.4 Å². The Bertz CT molecular complexity index is 841. The third-order valence-electron chi connectivity index (χ3n) is 3.64. The summed E-state index contributed by atoms with van der Waals surface area (Å²) in [4.78, 5) is 28.1. The van der Waals surface area contributed by atoms with Crippen LogP contribution in [0.25, 0.3) is 0 Å². The number of nitrogens with one attached hydrogen (secondary N) is 1. The number of aromatic nitrogens is 1. The fourth-order valence-electron chi connectivity index (χ4n) is 2.50. The molecule has 1 heterocycles. The molecule has 1 amide bonds. The molecule has 9 heteroatoms. The van der Waals surface area contributed by atoms with Gasteiger partial charge in [0.2, 0.25) is 5.75 Å². The number of amides is 1. The molecule has 0 aliphatic rings. The molecule has 1 atom stereocenters. The molecule has 0 aliphatic carbocycles. The highest BCUT2D eigenvalue weighted by Crippen LogP contribution is 2.42. The van der Waals surface area contributed by atoms with Crippen molar-refractivity contribution < 1.29 is 33.0 Å². The maximum Gasteiger partial charge on any atom is 0.408 e. The van der Waals surface area contributed by atoms with Crippen LogP contribution in [0.4, 0.5) is 4.79 Å². The Morgan fingerprint density at radius 1 is 1.24 bits per heavy atom. The number of oxazole rings is 1. The lowest BCUT2D eigenvalue weighted by Gasteiger charge is -2.24. The first-order valence-electron chi connectivity index (χ1n) is 9.09. The van der Waals surface area contributed by atoms with Crippen molar-refractivity contribution in [1.29, 1.82) is 0 Å². The van der Waals surface area contributed by atoms with Crippen molar-refractivity contribution in [2.24, 2.45) is 0 Å². The highest BCUT2D eigenvalue weighted by Gasteiger charge is 2.25. The number of esters is 1. The molecule has 0 saturated carbocycles. The van der Waals surface area contributed by atoms with Crippen LogP contribution in [0.5, 0.6) is 17.2 Å². The molecule has 0 fully saturated rings. The largest absolute Gasteiger partial charge is 0.492 e. The van der Waals surface area contributed by atoms with E-state index in [1.54, 1.807) is 46.8 Å². The Kier molecular flexibility index (Phi) is 7.08. The minimum atomic E-state index is -0.700. The van der Waals surface area contributed by atoms with Gasteiger partial charge in [-0.2, -0.15) is 0 Å². The molecule has 1 aromatic carbocycles. The Labute approximate surface area is 169 Å². The van der Waals surface area contributed by atoms with Crippen LogP contribution in [0.1, 0.15) is 56.7 Å². The summed E-state index contributed by atoms with van der Waals surface area (Å²) in [7, 11) is 1.46. The molecule has 0 radical (unpaired) electrons. The number of hydrogen-bond donors (Lipinski definition) is 1. The van der Waals surface area contributed by atoms with Crippen molar-refractivity contribution >= 4 is 12.1 Å². The molecule has 0 unspecified atom stereocenters. The summed E-state index contributed by atoms with van der Waals surface area (Å²) in [6, 6.07) is 2.78. The summed E-state index contributed by atoms with van der Waals surface area (Å²) < 4.78 is 26.6. The molecular formula is C20H26N2O7. The second-order valence-corrected chi connectivity index (χ2v) is 7.08. The van der Waals surface area contributed by atoms with Gasteiger partial charge >= 0.3 is 12.1 Å². The van der Waals surface area contributed by atoms with E-state index in [9.17, 15) is 9.59 Å². The van der Waals surface area contributed by atoms with Crippen molar-refractivity contribution in [3.8, 4) is 17.2 Å². The van der Waals surface area contributed by atoms with Gasteiger partial charge in [0, 0.05) is 5.56 Å². The Hall–Kier alpha value is -3.23. The van der Waals surface area contributed by atoms with E-state index >= 15 is 0 Å². The highest BCUT2D eigenvalue weighted by atomic mass is 16.6. The average Bonchev–Trinajstić information content (AvgIpc) is 3.15. The van der Waals surface area contributed by atoms with Crippen molar-refractivity contribution in [2.75, 3.05) is 13.7 Å².